The van der Waals surface area contributed by atoms with Crippen molar-refractivity contribution in [2.45, 2.75) is 25.7 Å². The minimum atomic E-state index is 0. The summed E-state index contributed by atoms with van der Waals surface area (Å²) in [6.07, 6.45) is 4.36. The molecule has 124 valence electrons. The van der Waals surface area contributed by atoms with Crippen molar-refractivity contribution in [2.75, 3.05) is 19.6 Å². The van der Waals surface area contributed by atoms with E-state index in [-0.39, 0.29) is 12.4 Å². The van der Waals surface area contributed by atoms with Crippen LogP contribution in [0.2, 0.25) is 0 Å². The number of likely N-dealkylation sites (tertiary alicyclic amines) is 1. The molecule has 3 rings (SSSR count). The summed E-state index contributed by atoms with van der Waals surface area (Å²) in [6, 6.07) is 14.7. The number of benzene rings is 1. The maximum absolute atomic E-state index is 12.0. The van der Waals surface area contributed by atoms with Crippen molar-refractivity contribution in [2.24, 2.45) is 5.92 Å². The second-order valence-electron chi connectivity index (χ2n) is 6.13. The van der Waals surface area contributed by atoms with Gasteiger partial charge in [0.15, 0.2) is 5.78 Å². The van der Waals surface area contributed by atoms with Gasteiger partial charge in [0.25, 0.3) is 0 Å². The molecule has 2 nitrogen and oxygen atoms in total. The molecule has 1 saturated heterocycles. The van der Waals surface area contributed by atoms with Crippen LogP contribution in [0.1, 0.15) is 34.5 Å². The molecule has 0 unspecified atom stereocenters. The molecule has 0 amide bonds. The van der Waals surface area contributed by atoms with Gasteiger partial charge >= 0.3 is 0 Å². The summed E-state index contributed by atoms with van der Waals surface area (Å²) in [5.41, 5.74) is 1.45. The van der Waals surface area contributed by atoms with Gasteiger partial charge in [0.1, 0.15) is 0 Å². The summed E-state index contributed by atoms with van der Waals surface area (Å²) in [6.45, 7) is 3.18. The first kappa shape index (κ1) is 18.2. The lowest BCUT2D eigenvalue weighted by molar-refractivity contribution is 0.0955. The van der Waals surface area contributed by atoms with Gasteiger partial charge in [-0.25, -0.2) is 0 Å². The average molecular weight is 350 g/mol. The second-order valence-corrected chi connectivity index (χ2v) is 7.07. The molecular formula is C19H24ClNOS. The lowest BCUT2D eigenvalue weighted by Gasteiger charge is -2.31. The molecule has 0 saturated carbocycles. The van der Waals surface area contributed by atoms with Crippen LogP contribution < -0.4 is 0 Å². The van der Waals surface area contributed by atoms with Crippen LogP contribution >= 0.6 is 23.7 Å². The van der Waals surface area contributed by atoms with Crippen molar-refractivity contribution in [1.82, 2.24) is 4.90 Å². The van der Waals surface area contributed by atoms with Crippen molar-refractivity contribution < 1.29 is 4.79 Å². The van der Waals surface area contributed by atoms with Crippen molar-refractivity contribution >= 4 is 29.5 Å². The van der Waals surface area contributed by atoms with E-state index in [1.807, 2.05) is 17.5 Å². The normalized spacial score (nSPS) is 16.0. The Balaban J connectivity index is 0.00000192. The first-order valence-electron chi connectivity index (χ1n) is 8.14. The number of halogens is 1. The van der Waals surface area contributed by atoms with E-state index in [2.05, 4.69) is 35.2 Å². The molecule has 4 heteroatoms. The van der Waals surface area contributed by atoms with Crippen molar-refractivity contribution in [3.63, 3.8) is 0 Å². The van der Waals surface area contributed by atoms with E-state index in [9.17, 15) is 4.79 Å². The summed E-state index contributed by atoms with van der Waals surface area (Å²) in [4.78, 5) is 15.4. The van der Waals surface area contributed by atoms with Gasteiger partial charge in [-0.15, -0.1) is 23.7 Å². The van der Waals surface area contributed by atoms with Gasteiger partial charge in [-0.3, -0.25) is 4.79 Å². The molecule has 2 aromatic rings. The summed E-state index contributed by atoms with van der Waals surface area (Å²) in [5.74, 6) is 1.09. The Hall–Kier alpha value is -1.16. The third-order valence-corrected chi connectivity index (χ3v) is 5.44. The van der Waals surface area contributed by atoms with Gasteiger partial charge in [-0.1, -0.05) is 36.4 Å². The molecule has 0 atom stereocenters. The van der Waals surface area contributed by atoms with Crippen LogP contribution in [-0.4, -0.2) is 30.3 Å². The fourth-order valence-electron chi connectivity index (χ4n) is 3.18. The molecule has 23 heavy (non-hydrogen) atoms. The smallest absolute Gasteiger partial charge is 0.174 e. The Morgan fingerprint density at radius 2 is 1.83 bits per heavy atom. The molecule has 0 spiro atoms. The number of piperidine rings is 1. The topological polar surface area (TPSA) is 20.3 Å². The van der Waals surface area contributed by atoms with Gasteiger partial charge in [-0.2, -0.15) is 0 Å². The Kier molecular flexibility index (Phi) is 7.28. The Bertz CT molecular complexity index is 577. The summed E-state index contributed by atoms with van der Waals surface area (Å²) in [5, 5.41) is 1.97. The number of rotatable bonds is 6. The summed E-state index contributed by atoms with van der Waals surface area (Å²) >= 11 is 1.55. The van der Waals surface area contributed by atoms with E-state index in [1.54, 1.807) is 11.3 Å². The molecule has 0 bridgehead atoms. The molecule has 0 aliphatic carbocycles. The highest BCUT2D eigenvalue weighted by molar-refractivity contribution is 7.12. The van der Waals surface area contributed by atoms with Gasteiger partial charge in [0.05, 0.1) is 4.88 Å². The third kappa shape index (κ3) is 5.45. The van der Waals surface area contributed by atoms with Crippen LogP contribution in [0.4, 0.5) is 0 Å². The number of carbonyl (C=O) groups excluding carboxylic acids is 1. The number of carbonyl (C=O) groups is 1. The van der Waals surface area contributed by atoms with Gasteiger partial charge in [-0.05, 0) is 55.3 Å². The van der Waals surface area contributed by atoms with Gasteiger partial charge in [0.2, 0.25) is 0 Å². The molecule has 1 aromatic carbocycles. The molecule has 2 heterocycles. The zero-order valence-corrected chi connectivity index (χ0v) is 15.0. The predicted octanol–water partition coefficient (Wildman–Crippen LogP) is 4.70. The van der Waals surface area contributed by atoms with Crippen LogP contribution in [-0.2, 0) is 6.42 Å². The maximum Gasteiger partial charge on any atom is 0.174 e. The Labute approximate surface area is 148 Å². The highest BCUT2D eigenvalue weighted by Gasteiger charge is 2.20. The molecule has 0 radical (unpaired) electrons. The number of Topliss-reactive ketones (excluding diaryl/α,β-unsaturated/α-hetero) is 1. The lowest BCUT2D eigenvalue weighted by atomic mass is 9.90. The quantitative estimate of drug-likeness (QED) is 0.705. The van der Waals surface area contributed by atoms with E-state index in [0.717, 1.165) is 30.4 Å². The van der Waals surface area contributed by atoms with Gasteiger partial charge in [0, 0.05) is 13.0 Å². The minimum Gasteiger partial charge on any atom is -0.303 e. The van der Waals surface area contributed by atoms with Crippen LogP contribution in [0, 0.1) is 5.92 Å². The van der Waals surface area contributed by atoms with E-state index < -0.39 is 0 Å². The van der Waals surface area contributed by atoms with E-state index in [0.29, 0.717) is 12.2 Å². The molecular weight excluding hydrogens is 326 g/mol. The number of thiophene rings is 1. The van der Waals surface area contributed by atoms with Crippen LogP contribution in [0.3, 0.4) is 0 Å². The molecule has 1 aliphatic heterocycles. The molecule has 1 aromatic heterocycles. The first-order chi connectivity index (χ1) is 10.8. The highest BCUT2D eigenvalue weighted by Crippen LogP contribution is 2.22. The standard InChI is InChI=1S/C19H23NOS.ClH/c21-18(19-7-4-14-22-19)10-13-20-11-8-17(9-12-20)15-16-5-2-1-3-6-16;/h1-7,14,17H,8-13,15H2;1H. The second kappa shape index (κ2) is 9.21. The van der Waals surface area contributed by atoms with Gasteiger partial charge < -0.3 is 4.90 Å². The SMILES string of the molecule is Cl.O=C(CCN1CCC(Cc2ccccc2)CC1)c1cccs1. The fraction of sp³-hybridized carbons (Fsp3) is 0.421. The highest BCUT2D eigenvalue weighted by atomic mass is 35.5. The van der Waals surface area contributed by atoms with Crippen molar-refractivity contribution in [3.05, 3.63) is 58.3 Å². The number of hydrogen-bond acceptors (Lipinski definition) is 3. The predicted molar refractivity (Wildman–Crippen MR) is 99.8 cm³/mol. The molecule has 1 aliphatic rings. The van der Waals surface area contributed by atoms with Crippen molar-refractivity contribution in [1.29, 1.82) is 0 Å². The van der Waals surface area contributed by atoms with E-state index in [1.165, 1.54) is 24.8 Å². The largest absolute Gasteiger partial charge is 0.303 e. The Morgan fingerprint density at radius 3 is 2.48 bits per heavy atom. The summed E-state index contributed by atoms with van der Waals surface area (Å²) in [7, 11) is 0. The van der Waals surface area contributed by atoms with Crippen LogP contribution in [0.25, 0.3) is 0 Å². The summed E-state index contributed by atoms with van der Waals surface area (Å²) < 4.78 is 0. The van der Waals surface area contributed by atoms with Crippen molar-refractivity contribution in [3.8, 4) is 0 Å². The minimum absolute atomic E-state index is 0. The monoisotopic (exact) mass is 349 g/mol. The van der Waals surface area contributed by atoms with Crippen LogP contribution in [0.5, 0.6) is 0 Å². The molecule has 0 N–H and O–H groups in total. The molecule has 1 fully saturated rings. The zero-order chi connectivity index (χ0) is 15.2. The average Bonchev–Trinajstić information content (AvgIpc) is 3.09. The third-order valence-electron chi connectivity index (χ3n) is 4.53. The maximum atomic E-state index is 12.0. The fourth-order valence-corrected chi connectivity index (χ4v) is 3.88. The van der Waals surface area contributed by atoms with E-state index >= 15 is 0 Å². The first-order valence-corrected chi connectivity index (χ1v) is 9.02. The number of ketones is 1. The number of nitrogens with zero attached hydrogens (tertiary/aromatic N) is 1. The van der Waals surface area contributed by atoms with Crippen LogP contribution in [0.15, 0.2) is 47.8 Å². The van der Waals surface area contributed by atoms with E-state index in [4.69, 9.17) is 0 Å². The zero-order valence-electron chi connectivity index (χ0n) is 13.3. The Morgan fingerprint density at radius 1 is 1.09 bits per heavy atom. The lowest BCUT2D eigenvalue weighted by Crippen LogP contribution is -2.35. The number of hydrogen-bond donors (Lipinski definition) is 0.